The maximum atomic E-state index is 15.2. The summed E-state index contributed by atoms with van der Waals surface area (Å²) in [4.78, 5) is 11.3. The van der Waals surface area contributed by atoms with Crippen molar-refractivity contribution in [2.45, 2.75) is 64.6 Å². The van der Waals surface area contributed by atoms with E-state index in [9.17, 15) is 0 Å². The number of hydrogen-bond donors (Lipinski definition) is 2. The fourth-order valence-electron chi connectivity index (χ4n) is 5.23. The van der Waals surface area contributed by atoms with Crippen LogP contribution in [0.2, 0.25) is 0 Å². The molecule has 1 aromatic carbocycles. The second-order valence-corrected chi connectivity index (χ2v) is 11.5. The fourth-order valence-corrected chi connectivity index (χ4v) is 6.28. The van der Waals surface area contributed by atoms with Gasteiger partial charge in [-0.05, 0) is 65.7 Å². The van der Waals surface area contributed by atoms with Gasteiger partial charge in [-0.3, -0.25) is 0 Å². The molecule has 0 aliphatic carbocycles. The van der Waals surface area contributed by atoms with E-state index in [0.29, 0.717) is 34.2 Å². The number of rotatable bonds is 3. The highest BCUT2D eigenvalue weighted by Gasteiger charge is 2.39. The van der Waals surface area contributed by atoms with Gasteiger partial charge in [0, 0.05) is 29.7 Å². The molecule has 182 valence electrons. The molecule has 4 heterocycles. The Labute approximate surface area is 209 Å². The summed E-state index contributed by atoms with van der Waals surface area (Å²) in [6, 6.07) is 5.49. The number of aryl methyl sites for hydroxylation is 1. The van der Waals surface area contributed by atoms with Crippen molar-refractivity contribution >= 4 is 50.4 Å². The van der Waals surface area contributed by atoms with Gasteiger partial charge < -0.3 is 16.0 Å². The molecule has 1 fully saturated rings. The third-order valence-electron chi connectivity index (χ3n) is 6.33. The van der Waals surface area contributed by atoms with Crippen LogP contribution >= 0.6 is 23.7 Å². The Hall–Kier alpha value is -2.49. The van der Waals surface area contributed by atoms with E-state index >= 15 is 4.39 Å². The van der Waals surface area contributed by atoms with Gasteiger partial charge in [0.15, 0.2) is 16.6 Å². The minimum atomic E-state index is -0.355. The number of piperidine rings is 1. The molecule has 4 aromatic rings. The van der Waals surface area contributed by atoms with E-state index in [1.807, 2.05) is 19.2 Å². The van der Waals surface area contributed by atoms with Crippen LogP contribution in [0.4, 0.5) is 15.2 Å². The van der Waals surface area contributed by atoms with Crippen LogP contribution in [-0.4, -0.2) is 43.7 Å². The van der Waals surface area contributed by atoms with Crippen molar-refractivity contribution in [1.29, 1.82) is 0 Å². The first-order valence-corrected chi connectivity index (χ1v) is 12.0. The van der Waals surface area contributed by atoms with Crippen molar-refractivity contribution in [3.63, 3.8) is 0 Å². The van der Waals surface area contributed by atoms with Crippen LogP contribution in [-0.2, 0) is 0 Å². The summed E-state index contributed by atoms with van der Waals surface area (Å²) in [6.45, 7) is 10.8. The Bertz CT molecular complexity index is 1360. The van der Waals surface area contributed by atoms with Crippen LogP contribution in [0.3, 0.4) is 0 Å². The zero-order valence-corrected chi connectivity index (χ0v) is 21.9. The molecule has 34 heavy (non-hydrogen) atoms. The maximum Gasteiger partial charge on any atom is 0.186 e. The van der Waals surface area contributed by atoms with Gasteiger partial charge in [0.25, 0.3) is 0 Å². The molecule has 1 saturated heterocycles. The molecule has 10 heteroatoms. The second-order valence-electron chi connectivity index (χ2n) is 10.5. The predicted molar refractivity (Wildman–Crippen MR) is 141 cm³/mol. The zero-order valence-electron chi connectivity index (χ0n) is 20.3. The van der Waals surface area contributed by atoms with Gasteiger partial charge in [0.1, 0.15) is 5.52 Å². The van der Waals surface area contributed by atoms with Crippen LogP contribution in [0.5, 0.6) is 0 Å². The summed E-state index contributed by atoms with van der Waals surface area (Å²) in [5, 5.41) is 9.14. The van der Waals surface area contributed by atoms with E-state index in [2.05, 4.69) is 60.0 Å². The molecule has 7 nitrogen and oxygen atoms in total. The quantitative estimate of drug-likeness (QED) is 0.399. The third-order valence-corrected chi connectivity index (χ3v) is 7.42. The lowest BCUT2D eigenvalue weighted by Gasteiger charge is -2.48. The van der Waals surface area contributed by atoms with Gasteiger partial charge in [-0.15, -0.1) is 12.4 Å². The number of anilines is 2. The first-order valence-electron chi connectivity index (χ1n) is 11.2. The van der Waals surface area contributed by atoms with E-state index in [0.717, 1.165) is 28.4 Å². The molecule has 0 amide bonds. The SMILES string of the molecule is Cc1cn2nc(-c3cc(F)c4nc(N(C)C5CC(C)(C)NC(C)(C)C5)sc4c3)cc(N)c2n1.Cl. The van der Waals surface area contributed by atoms with Crippen LogP contribution < -0.4 is 16.0 Å². The van der Waals surface area contributed by atoms with E-state index < -0.39 is 0 Å². The van der Waals surface area contributed by atoms with Crippen molar-refractivity contribution in [3.8, 4) is 11.3 Å². The molecule has 0 unspecified atom stereocenters. The van der Waals surface area contributed by atoms with Crippen molar-refractivity contribution in [2.24, 2.45) is 0 Å². The number of nitrogens with zero attached hydrogens (tertiary/aromatic N) is 5. The number of nitrogens with two attached hydrogens (primary N) is 1. The molecule has 0 saturated carbocycles. The highest BCUT2D eigenvalue weighted by molar-refractivity contribution is 7.22. The molecule has 0 atom stereocenters. The zero-order chi connectivity index (χ0) is 23.7. The fraction of sp³-hybridized carbons (Fsp3) is 0.458. The topological polar surface area (TPSA) is 84.4 Å². The minimum Gasteiger partial charge on any atom is -0.396 e. The average molecular weight is 504 g/mol. The van der Waals surface area contributed by atoms with Crippen molar-refractivity contribution in [2.75, 3.05) is 17.7 Å². The standard InChI is InChI=1S/C24H30FN7S.ClH/c1-13-12-32-21(27-13)17(26)9-18(29-32)14-7-16(25)20-19(8-14)33-22(28-20)31(6)15-10-23(2,3)30-24(4,5)11-15;/h7-9,12,15,30H,10-11,26H2,1-6H3;1H. The molecular formula is C24H31ClFN7S. The number of thiazole rings is 1. The molecule has 1 aliphatic heterocycles. The Morgan fingerprint density at radius 2 is 1.82 bits per heavy atom. The van der Waals surface area contributed by atoms with E-state index in [1.54, 1.807) is 10.6 Å². The second kappa shape index (κ2) is 8.32. The molecule has 1 aliphatic rings. The molecule has 0 spiro atoms. The number of hydrogen-bond acceptors (Lipinski definition) is 7. The number of nitrogen functional groups attached to an aromatic ring is 1. The number of aromatic nitrogens is 4. The van der Waals surface area contributed by atoms with Crippen molar-refractivity contribution in [1.82, 2.24) is 24.9 Å². The van der Waals surface area contributed by atoms with Crippen LogP contribution in [0, 0.1) is 12.7 Å². The summed E-state index contributed by atoms with van der Waals surface area (Å²) in [7, 11) is 2.07. The lowest BCUT2D eigenvalue weighted by Crippen LogP contribution is -2.61. The number of nitrogens with one attached hydrogen (secondary N) is 1. The summed E-state index contributed by atoms with van der Waals surface area (Å²) in [6.07, 6.45) is 3.79. The highest BCUT2D eigenvalue weighted by atomic mass is 35.5. The monoisotopic (exact) mass is 503 g/mol. The smallest absolute Gasteiger partial charge is 0.186 e. The first kappa shape index (κ1) is 24.6. The normalized spacial score (nSPS) is 17.7. The Morgan fingerprint density at radius 3 is 2.50 bits per heavy atom. The van der Waals surface area contributed by atoms with Gasteiger partial charge in [-0.25, -0.2) is 18.9 Å². The number of imidazole rings is 1. The minimum absolute atomic E-state index is 0. The first-order chi connectivity index (χ1) is 15.4. The average Bonchev–Trinajstić information content (AvgIpc) is 3.28. The maximum absolute atomic E-state index is 15.2. The summed E-state index contributed by atoms with van der Waals surface area (Å²) in [5.74, 6) is -0.355. The number of benzene rings is 1. The molecule has 3 N–H and O–H groups in total. The van der Waals surface area contributed by atoms with Gasteiger partial charge in [0.2, 0.25) is 0 Å². The number of fused-ring (bicyclic) bond motifs is 2. The molecule has 3 aromatic heterocycles. The molecular weight excluding hydrogens is 473 g/mol. The number of halogens is 2. The van der Waals surface area contributed by atoms with Gasteiger partial charge in [-0.2, -0.15) is 5.10 Å². The highest BCUT2D eigenvalue weighted by Crippen LogP contribution is 2.38. The summed E-state index contributed by atoms with van der Waals surface area (Å²) >= 11 is 1.51. The lowest BCUT2D eigenvalue weighted by atomic mass is 9.79. The Morgan fingerprint density at radius 1 is 1.15 bits per heavy atom. The van der Waals surface area contributed by atoms with E-state index in [1.165, 1.54) is 17.4 Å². The van der Waals surface area contributed by atoms with E-state index in [4.69, 9.17) is 5.73 Å². The van der Waals surface area contributed by atoms with E-state index in [-0.39, 0.29) is 29.3 Å². The van der Waals surface area contributed by atoms with Crippen LogP contribution in [0.15, 0.2) is 24.4 Å². The van der Waals surface area contributed by atoms with Gasteiger partial charge in [0.05, 0.1) is 28.0 Å². The molecule has 5 rings (SSSR count). The third kappa shape index (κ3) is 4.44. The summed E-state index contributed by atoms with van der Waals surface area (Å²) < 4.78 is 17.6. The molecule has 0 bridgehead atoms. The largest absolute Gasteiger partial charge is 0.396 e. The molecule has 0 radical (unpaired) electrons. The van der Waals surface area contributed by atoms with Crippen molar-refractivity contribution in [3.05, 3.63) is 35.9 Å². The summed E-state index contributed by atoms with van der Waals surface area (Å²) in [5.41, 5.74) is 9.83. The van der Waals surface area contributed by atoms with Crippen molar-refractivity contribution < 1.29 is 4.39 Å². The van der Waals surface area contributed by atoms with Crippen LogP contribution in [0.25, 0.3) is 27.1 Å². The predicted octanol–water partition coefficient (Wildman–Crippen LogP) is 5.20. The van der Waals surface area contributed by atoms with Crippen LogP contribution in [0.1, 0.15) is 46.2 Å². The van der Waals surface area contributed by atoms with Gasteiger partial charge in [-0.1, -0.05) is 11.3 Å². The Balaban J connectivity index is 0.00000274. The van der Waals surface area contributed by atoms with Gasteiger partial charge >= 0.3 is 0 Å². The lowest BCUT2D eigenvalue weighted by molar-refractivity contribution is 0.161. The Kier molecular flexibility index (Phi) is 6.03.